The summed E-state index contributed by atoms with van der Waals surface area (Å²) in [5.41, 5.74) is 6.36. The zero-order chi connectivity index (χ0) is 20.0. The lowest BCUT2D eigenvalue weighted by Crippen LogP contribution is -2.35. The molecule has 0 radical (unpaired) electrons. The number of amides is 3. The number of ether oxygens (including phenoxy) is 1. The van der Waals surface area contributed by atoms with Crippen LogP contribution in [0.4, 0.5) is 4.79 Å². The molecule has 0 saturated heterocycles. The molecule has 0 bridgehead atoms. The lowest BCUT2D eigenvalue weighted by atomic mass is 10.1. The van der Waals surface area contributed by atoms with Crippen LogP contribution in [0.1, 0.15) is 11.1 Å². The van der Waals surface area contributed by atoms with Crippen molar-refractivity contribution in [3.8, 4) is 11.8 Å². The maximum Gasteiger partial charge on any atom is 0.319 e. The standard InChI is InChI=1S/C18H12BrI2N3O3/c19-13-3-1-10(2-4-13)9-27-16-14(20)6-11(7-15(16)21)5-12(8-22)17(25)24-18(23)26/h1-7H,9H2,(H3,23,24,25,26)/b12-5-. The Morgan fingerprint density at radius 2 is 1.81 bits per heavy atom. The third-order valence-electron chi connectivity index (χ3n) is 3.23. The molecule has 0 heterocycles. The molecular formula is C18H12BrI2N3O3. The van der Waals surface area contributed by atoms with Crippen molar-refractivity contribution in [2.75, 3.05) is 0 Å². The number of urea groups is 1. The second-order valence-electron chi connectivity index (χ2n) is 5.22. The highest BCUT2D eigenvalue weighted by Crippen LogP contribution is 2.30. The molecule has 27 heavy (non-hydrogen) atoms. The van der Waals surface area contributed by atoms with Crippen LogP contribution in [0.15, 0.2) is 46.4 Å². The van der Waals surface area contributed by atoms with E-state index in [1.165, 1.54) is 6.08 Å². The van der Waals surface area contributed by atoms with Crippen molar-refractivity contribution in [2.24, 2.45) is 5.73 Å². The van der Waals surface area contributed by atoms with Crippen molar-refractivity contribution in [3.05, 3.63) is 64.7 Å². The summed E-state index contributed by atoms with van der Waals surface area (Å²) >= 11 is 7.66. The molecule has 3 N–H and O–H groups in total. The van der Waals surface area contributed by atoms with Gasteiger partial charge in [0.15, 0.2) is 0 Å². The number of nitrogens with zero attached hydrogens (tertiary/aromatic N) is 1. The zero-order valence-electron chi connectivity index (χ0n) is 13.6. The minimum Gasteiger partial charge on any atom is -0.487 e. The van der Waals surface area contributed by atoms with Crippen LogP contribution in [-0.2, 0) is 11.4 Å². The van der Waals surface area contributed by atoms with E-state index in [1.807, 2.05) is 29.6 Å². The average Bonchev–Trinajstić information content (AvgIpc) is 2.59. The normalized spacial score (nSPS) is 10.8. The molecule has 0 aliphatic heterocycles. The van der Waals surface area contributed by atoms with Crippen LogP contribution >= 0.6 is 61.1 Å². The van der Waals surface area contributed by atoms with Gasteiger partial charge in [-0.05, 0) is 86.7 Å². The number of hydrogen-bond acceptors (Lipinski definition) is 4. The smallest absolute Gasteiger partial charge is 0.319 e. The monoisotopic (exact) mass is 651 g/mol. The highest BCUT2D eigenvalue weighted by atomic mass is 127. The molecule has 0 atom stereocenters. The second-order valence-corrected chi connectivity index (χ2v) is 8.46. The fourth-order valence-corrected chi connectivity index (χ4v) is 4.42. The molecular weight excluding hydrogens is 640 g/mol. The van der Waals surface area contributed by atoms with E-state index in [-0.39, 0.29) is 5.57 Å². The fraction of sp³-hybridized carbons (Fsp3) is 0.0556. The van der Waals surface area contributed by atoms with Crippen LogP contribution in [0.2, 0.25) is 0 Å². The number of benzene rings is 2. The van der Waals surface area contributed by atoms with Crippen LogP contribution in [0.3, 0.4) is 0 Å². The quantitative estimate of drug-likeness (QED) is 0.285. The van der Waals surface area contributed by atoms with Gasteiger partial charge >= 0.3 is 6.03 Å². The Morgan fingerprint density at radius 1 is 1.22 bits per heavy atom. The van der Waals surface area contributed by atoms with Crippen LogP contribution in [0, 0.1) is 18.5 Å². The summed E-state index contributed by atoms with van der Waals surface area (Å²) in [6.45, 7) is 0.416. The molecule has 138 valence electrons. The van der Waals surface area contributed by atoms with Gasteiger partial charge in [0.25, 0.3) is 5.91 Å². The van der Waals surface area contributed by atoms with E-state index in [1.54, 1.807) is 18.2 Å². The lowest BCUT2D eigenvalue weighted by molar-refractivity contribution is -0.115. The predicted octanol–water partition coefficient (Wildman–Crippen LogP) is 4.34. The highest BCUT2D eigenvalue weighted by Gasteiger charge is 2.13. The van der Waals surface area contributed by atoms with Crippen molar-refractivity contribution in [1.29, 1.82) is 5.26 Å². The molecule has 0 fully saturated rings. The summed E-state index contributed by atoms with van der Waals surface area (Å²) < 4.78 is 8.58. The molecule has 6 nitrogen and oxygen atoms in total. The molecule has 2 aromatic rings. The highest BCUT2D eigenvalue weighted by molar-refractivity contribution is 14.1. The summed E-state index contributed by atoms with van der Waals surface area (Å²) in [4.78, 5) is 22.5. The minimum atomic E-state index is -1.01. The van der Waals surface area contributed by atoms with E-state index in [4.69, 9.17) is 15.7 Å². The molecule has 9 heteroatoms. The predicted molar refractivity (Wildman–Crippen MR) is 122 cm³/mol. The number of hydrogen-bond donors (Lipinski definition) is 2. The van der Waals surface area contributed by atoms with Gasteiger partial charge in [0, 0.05) is 4.47 Å². The topological polar surface area (TPSA) is 105 Å². The van der Waals surface area contributed by atoms with E-state index in [0.29, 0.717) is 12.2 Å². The molecule has 0 unspecified atom stereocenters. The first-order valence-corrected chi connectivity index (χ1v) is 10.3. The van der Waals surface area contributed by atoms with Crippen molar-refractivity contribution in [2.45, 2.75) is 6.61 Å². The first kappa shape index (κ1) is 21.6. The number of nitrogens with two attached hydrogens (primary N) is 1. The number of halogens is 3. The molecule has 0 spiro atoms. The number of nitriles is 1. The Balaban J connectivity index is 2.21. The Kier molecular flexibility index (Phi) is 8.06. The number of carbonyl (C=O) groups is 2. The van der Waals surface area contributed by atoms with Gasteiger partial charge in [0.05, 0.1) is 7.14 Å². The molecule has 3 amide bonds. The van der Waals surface area contributed by atoms with Crippen LogP contribution in [-0.4, -0.2) is 11.9 Å². The Morgan fingerprint density at radius 3 is 2.33 bits per heavy atom. The van der Waals surface area contributed by atoms with Crippen LogP contribution in [0.5, 0.6) is 5.75 Å². The van der Waals surface area contributed by atoms with Crippen molar-refractivity contribution in [3.63, 3.8) is 0 Å². The van der Waals surface area contributed by atoms with E-state index < -0.39 is 11.9 Å². The first-order valence-electron chi connectivity index (χ1n) is 7.39. The zero-order valence-corrected chi connectivity index (χ0v) is 19.5. The van der Waals surface area contributed by atoms with Crippen LogP contribution < -0.4 is 15.8 Å². The molecule has 2 rings (SSSR count). The molecule has 0 aliphatic carbocycles. The van der Waals surface area contributed by atoms with Gasteiger partial charge in [-0.2, -0.15) is 5.26 Å². The summed E-state index contributed by atoms with van der Waals surface area (Å²) in [7, 11) is 0. The van der Waals surface area contributed by atoms with Crippen LogP contribution in [0.25, 0.3) is 6.08 Å². The summed E-state index contributed by atoms with van der Waals surface area (Å²) in [5.74, 6) is -0.123. The minimum absolute atomic E-state index is 0.219. The van der Waals surface area contributed by atoms with Gasteiger partial charge in [-0.25, -0.2) is 4.79 Å². The van der Waals surface area contributed by atoms with E-state index in [9.17, 15) is 9.59 Å². The molecule has 0 saturated carbocycles. The van der Waals surface area contributed by atoms with Crippen molar-refractivity contribution >= 4 is 79.1 Å². The summed E-state index contributed by atoms with van der Waals surface area (Å²) in [5, 5.41) is 11.0. The van der Waals surface area contributed by atoms with E-state index in [2.05, 4.69) is 61.1 Å². The SMILES string of the molecule is N#C/C(=C/c1cc(I)c(OCc2ccc(Br)cc2)c(I)c1)C(=O)NC(N)=O. The van der Waals surface area contributed by atoms with Crippen molar-refractivity contribution < 1.29 is 14.3 Å². The molecule has 0 aliphatic rings. The average molecular weight is 652 g/mol. The number of rotatable bonds is 5. The molecule has 0 aromatic heterocycles. The summed E-state index contributed by atoms with van der Waals surface area (Å²) in [6, 6.07) is 12.2. The van der Waals surface area contributed by atoms with Gasteiger partial charge in [-0.15, -0.1) is 0 Å². The maximum absolute atomic E-state index is 11.8. The van der Waals surface area contributed by atoms with Crippen molar-refractivity contribution in [1.82, 2.24) is 5.32 Å². The van der Waals surface area contributed by atoms with Gasteiger partial charge in [-0.3, -0.25) is 10.1 Å². The Labute approximate surface area is 191 Å². The number of carbonyl (C=O) groups excluding carboxylic acids is 2. The third kappa shape index (κ3) is 6.47. The number of imide groups is 1. The van der Waals surface area contributed by atoms with Gasteiger partial charge in [0.1, 0.15) is 24.0 Å². The van der Waals surface area contributed by atoms with Gasteiger partial charge in [0.2, 0.25) is 0 Å². The lowest BCUT2D eigenvalue weighted by Gasteiger charge is -2.12. The van der Waals surface area contributed by atoms with E-state index in [0.717, 1.165) is 22.9 Å². The van der Waals surface area contributed by atoms with Gasteiger partial charge in [-0.1, -0.05) is 28.1 Å². The Bertz CT molecular complexity index is 930. The third-order valence-corrected chi connectivity index (χ3v) is 5.36. The number of primary amides is 1. The van der Waals surface area contributed by atoms with Gasteiger partial charge < -0.3 is 10.5 Å². The maximum atomic E-state index is 11.8. The second kappa shape index (κ2) is 10.0. The largest absolute Gasteiger partial charge is 0.487 e. The Hall–Kier alpha value is -1.65. The molecule has 2 aromatic carbocycles. The van der Waals surface area contributed by atoms with E-state index >= 15 is 0 Å². The first-order chi connectivity index (χ1) is 12.8. The summed E-state index contributed by atoms with van der Waals surface area (Å²) in [6.07, 6.45) is 1.39. The fourth-order valence-electron chi connectivity index (χ4n) is 2.03. The number of nitrogens with one attached hydrogen (secondary N) is 1.